The molecule has 0 amide bonds. The van der Waals surface area contributed by atoms with E-state index in [0.29, 0.717) is 23.8 Å². The molecule has 0 spiro atoms. The van der Waals surface area contributed by atoms with E-state index in [0.717, 1.165) is 13.0 Å². The van der Waals surface area contributed by atoms with E-state index < -0.39 is 6.04 Å². The summed E-state index contributed by atoms with van der Waals surface area (Å²) in [6.45, 7) is 7.35. The molecule has 1 rings (SSSR count). The normalized spacial score (nSPS) is 12.2. The zero-order valence-electron chi connectivity index (χ0n) is 11.8. The molecule has 0 saturated carbocycles. The van der Waals surface area contributed by atoms with Crippen LogP contribution in [0.3, 0.4) is 0 Å². The lowest BCUT2D eigenvalue weighted by Crippen LogP contribution is -2.22. The Morgan fingerprint density at radius 1 is 1.42 bits per heavy atom. The average molecular weight is 262 g/mol. The number of nitriles is 1. The first-order valence-corrected chi connectivity index (χ1v) is 6.67. The first kappa shape index (κ1) is 15.3. The number of ether oxygens (including phenoxy) is 1. The van der Waals surface area contributed by atoms with Crippen molar-refractivity contribution >= 4 is 0 Å². The smallest absolute Gasteiger partial charge is 0.163 e. The molecular weight excluding hydrogens is 240 g/mol. The van der Waals surface area contributed by atoms with Gasteiger partial charge < -0.3 is 9.84 Å². The number of rotatable bonds is 7. The van der Waals surface area contributed by atoms with Gasteiger partial charge in [-0.15, -0.1) is 0 Å². The fraction of sp³-hybridized carbons (Fsp3) is 0.533. The highest BCUT2D eigenvalue weighted by molar-refractivity contribution is 5.48. The van der Waals surface area contributed by atoms with Crippen molar-refractivity contribution in [3.8, 4) is 17.6 Å². The summed E-state index contributed by atoms with van der Waals surface area (Å²) in [5.41, 5.74) is 0.567. The Morgan fingerprint density at radius 3 is 2.74 bits per heavy atom. The molecule has 1 unspecified atom stereocenters. The highest BCUT2D eigenvalue weighted by Crippen LogP contribution is 2.33. The Balaban J connectivity index is 2.81. The summed E-state index contributed by atoms with van der Waals surface area (Å²) in [4.78, 5) is 0. The highest BCUT2D eigenvalue weighted by Gasteiger charge is 2.17. The molecule has 0 fully saturated rings. The summed E-state index contributed by atoms with van der Waals surface area (Å²) in [5.74, 6) is 1.05. The van der Waals surface area contributed by atoms with Crippen molar-refractivity contribution in [2.75, 3.05) is 13.2 Å². The topological polar surface area (TPSA) is 65.3 Å². The summed E-state index contributed by atoms with van der Waals surface area (Å²) < 4.78 is 5.33. The fourth-order valence-electron chi connectivity index (χ4n) is 1.79. The van der Waals surface area contributed by atoms with Crippen LogP contribution >= 0.6 is 0 Å². The third kappa shape index (κ3) is 4.46. The van der Waals surface area contributed by atoms with Crippen molar-refractivity contribution in [2.45, 2.75) is 33.2 Å². The van der Waals surface area contributed by atoms with Crippen LogP contribution in [0.4, 0.5) is 0 Å². The van der Waals surface area contributed by atoms with Crippen LogP contribution < -0.4 is 10.1 Å². The van der Waals surface area contributed by atoms with E-state index in [4.69, 9.17) is 4.74 Å². The number of nitrogens with one attached hydrogen (secondary N) is 1. The first-order chi connectivity index (χ1) is 9.10. The van der Waals surface area contributed by atoms with Gasteiger partial charge in [0, 0.05) is 5.56 Å². The van der Waals surface area contributed by atoms with Crippen LogP contribution in [0.15, 0.2) is 18.2 Å². The molecule has 0 bridgehead atoms. The Labute approximate surface area is 115 Å². The zero-order chi connectivity index (χ0) is 14.3. The Hall–Kier alpha value is -1.73. The van der Waals surface area contributed by atoms with Crippen molar-refractivity contribution in [2.24, 2.45) is 5.92 Å². The molecule has 0 aliphatic rings. The van der Waals surface area contributed by atoms with Gasteiger partial charge in [0.1, 0.15) is 6.04 Å². The predicted molar refractivity (Wildman–Crippen MR) is 75.1 cm³/mol. The summed E-state index contributed by atoms with van der Waals surface area (Å²) in [6, 6.07) is 6.89. The molecule has 0 heterocycles. The maximum atomic E-state index is 10.1. The SMILES string of the molecule is CCOc1cccc(C(C#N)NCCC(C)C)c1O. The average Bonchev–Trinajstić information content (AvgIpc) is 2.38. The molecule has 0 aliphatic heterocycles. The van der Waals surface area contributed by atoms with Gasteiger partial charge in [0.25, 0.3) is 0 Å². The van der Waals surface area contributed by atoms with Crippen LogP contribution in [-0.2, 0) is 0 Å². The summed E-state index contributed by atoms with van der Waals surface area (Å²) in [5, 5.41) is 22.5. The van der Waals surface area contributed by atoms with Crippen LogP contribution in [0.25, 0.3) is 0 Å². The van der Waals surface area contributed by atoms with Crippen molar-refractivity contribution in [3.05, 3.63) is 23.8 Å². The van der Waals surface area contributed by atoms with Gasteiger partial charge in [-0.2, -0.15) is 5.26 Å². The van der Waals surface area contributed by atoms with Gasteiger partial charge in [0.15, 0.2) is 11.5 Å². The maximum absolute atomic E-state index is 10.1. The standard InChI is InChI=1S/C15H22N2O2/c1-4-19-14-7-5-6-12(15(14)18)13(10-16)17-9-8-11(2)3/h5-7,11,13,17-18H,4,8-9H2,1-3H3. The first-order valence-electron chi connectivity index (χ1n) is 6.67. The molecule has 19 heavy (non-hydrogen) atoms. The van der Waals surface area contributed by atoms with Crippen molar-refractivity contribution in [1.29, 1.82) is 5.26 Å². The lowest BCUT2D eigenvalue weighted by Gasteiger charge is -2.16. The third-order valence-electron chi connectivity index (χ3n) is 2.84. The van der Waals surface area contributed by atoms with Crippen LogP contribution in [0.2, 0.25) is 0 Å². The summed E-state index contributed by atoms with van der Waals surface area (Å²) in [7, 11) is 0. The number of phenolic OH excluding ortho intramolecular Hbond substituents is 1. The van der Waals surface area contributed by atoms with Crippen molar-refractivity contribution in [1.82, 2.24) is 5.32 Å². The van der Waals surface area contributed by atoms with Gasteiger partial charge in [-0.25, -0.2) is 0 Å². The van der Waals surface area contributed by atoms with Crippen LogP contribution in [0.5, 0.6) is 11.5 Å². The predicted octanol–water partition coefficient (Wildman–Crippen LogP) is 2.99. The van der Waals surface area contributed by atoms with Crippen molar-refractivity contribution < 1.29 is 9.84 Å². The van der Waals surface area contributed by atoms with Gasteiger partial charge in [0.2, 0.25) is 0 Å². The second-order valence-corrected chi connectivity index (χ2v) is 4.83. The number of nitrogens with zero attached hydrogens (tertiary/aromatic N) is 1. The molecule has 4 heteroatoms. The van der Waals surface area contributed by atoms with Crippen LogP contribution in [-0.4, -0.2) is 18.3 Å². The number of hydrogen-bond acceptors (Lipinski definition) is 4. The van der Waals surface area contributed by atoms with E-state index in [1.807, 2.05) is 6.92 Å². The molecule has 0 saturated heterocycles. The summed E-state index contributed by atoms with van der Waals surface area (Å²) >= 11 is 0. The molecule has 4 nitrogen and oxygen atoms in total. The second kappa shape index (κ2) is 7.65. The zero-order valence-corrected chi connectivity index (χ0v) is 11.8. The Kier molecular flexibility index (Phi) is 6.17. The molecule has 0 aromatic heterocycles. The van der Waals surface area contributed by atoms with E-state index in [9.17, 15) is 10.4 Å². The lowest BCUT2D eigenvalue weighted by atomic mass is 10.1. The number of hydrogen-bond donors (Lipinski definition) is 2. The van der Waals surface area contributed by atoms with E-state index in [1.54, 1.807) is 18.2 Å². The second-order valence-electron chi connectivity index (χ2n) is 4.83. The molecule has 0 aliphatic carbocycles. The summed E-state index contributed by atoms with van der Waals surface area (Å²) in [6.07, 6.45) is 0.990. The number of phenols is 1. The van der Waals surface area contributed by atoms with E-state index in [2.05, 4.69) is 25.2 Å². The van der Waals surface area contributed by atoms with Crippen LogP contribution in [0.1, 0.15) is 38.8 Å². The van der Waals surface area contributed by atoms with E-state index in [-0.39, 0.29) is 5.75 Å². The monoisotopic (exact) mass is 262 g/mol. The number of benzene rings is 1. The molecule has 0 radical (unpaired) electrons. The molecule has 2 N–H and O–H groups in total. The van der Waals surface area contributed by atoms with Gasteiger partial charge in [0.05, 0.1) is 12.7 Å². The van der Waals surface area contributed by atoms with E-state index >= 15 is 0 Å². The molecule has 1 aromatic rings. The van der Waals surface area contributed by atoms with Gasteiger partial charge in [-0.3, -0.25) is 5.32 Å². The van der Waals surface area contributed by atoms with Gasteiger partial charge >= 0.3 is 0 Å². The van der Waals surface area contributed by atoms with E-state index in [1.165, 1.54) is 0 Å². The van der Waals surface area contributed by atoms with Crippen molar-refractivity contribution in [3.63, 3.8) is 0 Å². The molecule has 1 atom stereocenters. The Morgan fingerprint density at radius 2 is 2.16 bits per heavy atom. The minimum atomic E-state index is -0.515. The molecule has 104 valence electrons. The molecule has 1 aromatic carbocycles. The third-order valence-corrected chi connectivity index (χ3v) is 2.84. The quantitative estimate of drug-likeness (QED) is 0.792. The minimum absolute atomic E-state index is 0.0490. The minimum Gasteiger partial charge on any atom is -0.504 e. The largest absolute Gasteiger partial charge is 0.504 e. The van der Waals surface area contributed by atoms with Gasteiger partial charge in [-0.1, -0.05) is 26.0 Å². The highest BCUT2D eigenvalue weighted by atomic mass is 16.5. The number of aromatic hydroxyl groups is 1. The number of para-hydroxylation sites is 1. The maximum Gasteiger partial charge on any atom is 0.163 e. The molecular formula is C15H22N2O2. The Bertz CT molecular complexity index is 438. The van der Waals surface area contributed by atoms with Gasteiger partial charge in [-0.05, 0) is 31.9 Å². The lowest BCUT2D eigenvalue weighted by molar-refractivity contribution is 0.315. The van der Waals surface area contributed by atoms with Crippen LogP contribution in [0, 0.1) is 17.2 Å². The fourth-order valence-corrected chi connectivity index (χ4v) is 1.79.